The van der Waals surface area contributed by atoms with Gasteiger partial charge in [-0.2, -0.15) is 0 Å². The fourth-order valence-electron chi connectivity index (χ4n) is 4.57. The molecule has 144 valence electrons. The Morgan fingerprint density at radius 3 is 2.86 bits per heavy atom. The Bertz CT molecular complexity index is 981. The number of fused-ring (bicyclic) bond motifs is 2. The number of amides is 1. The van der Waals surface area contributed by atoms with Crippen LogP contribution in [0.15, 0.2) is 48.5 Å². The van der Waals surface area contributed by atoms with E-state index in [2.05, 4.69) is 48.2 Å². The van der Waals surface area contributed by atoms with E-state index in [0.29, 0.717) is 5.92 Å². The molecule has 2 atom stereocenters. The van der Waals surface area contributed by atoms with Crippen LogP contribution in [0, 0.1) is 0 Å². The number of hydrogen-bond acceptors (Lipinski definition) is 4. The maximum Gasteiger partial charge on any atom is 0.244 e. The number of likely N-dealkylation sites (tertiary alicyclic amines) is 1. The molecule has 2 aliphatic heterocycles. The highest BCUT2D eigenvalue weighted by molar-refractivity contribution is 7.18. The summed E-state index contributed by atoms with van der Waals surface area (Å²) in [4.78, 5) is 22.5. The van der Waals surface area contributed by atoms with Crippen LogP contribution in [0.2, 0.25) is 0 Å². The molecule has 0 saturated carbocycles. The number of aromatic nitrogens is 1. The largest absolute Gasteiger partial charge is 0.310 e. The molecule has 4 nitrogen and oxygen atoms in total. The van der Waals surface area contributed by atoms with Crippen molar-refractivity contribution in [2.45, 2.75) is 38.1 Å². The number of carbonyl (C=O) groups excluding carboxylic acids is 1. The Morgan fingerprint density at radius 2 is 1.96 bits per heavy atom. The average Bonchev–Trinajstić information content (AvgIpc) is 3.37. The van der Waals surface area contributed by atoms with Gasteiger partial charge in [0.1, 0.15) is 0 Å². The lowest BCUT2D eigenvalue weighted by molar-refractivity contribution is -0.123. The van der Waals surface area contributed by atoms with E-state index in [9.17, 15) is 4.79 Å². The topological polar surface area (TPSA) is 36.4 Å². The van der Waals surface area contributed by atoms with Crippen LogP contribution >= 0.6 is 11.3 Å². The van der Waals surface area contributed by atoms with Crippen molar-refractivity contribution in [3.8, 4) is 0 Å². The summed E-state index contributed by atoms with van der Waals surface area (Å²) in [5.41, 5.74) is 3.48. The van der Waals surface area contributed by atoms with E-state index in [-0.39, 0.29) is 11.9 Å². The minimum atomic E-state index is -0.0941. The molecule has 1 amide bonds. The number of rotatable bonds is 3. The lowest BCUT2D eigenvalue weighted by Gasteiger charge is -2.37. The highest BCUT2D eigenvalue weighted by Crippen LogP contribution is 2.34. The van der Waals surface area contributed by atoms with Crippen molar-refractivity contribution in [1.29, 1.82) is 0 Å². The molecule has 2 aromatic carbocycles. The summed E-state index contributed by atoms with van der Waals surface area (Å²) in [5, 5.41) is 1.22. The first-order valence-electron chi connectivity index (χ1n) is 10.2. The van der Waals surface area contributed by atoms with E-state index in [1.54, 1.807) is 0 Å². The molecule has 3 aromatic rings. The first-order chi connectivity index (χ1) is 13.7. The van der Waals surface area contributed by atoms with Gasteiger partial charge in [-0.15, -0.1) is 11.3 Å². The number of hydrogen-bond donors (Lipinski definition) is 0. The Hall–Kier alpha value is -2.24. The van der Waals surface area contributed by atoms with Crippen molar-refractivity contribution in [2.24, 2.45) is 0 Å². The van der Waals surface area contributed by atoms with Crippen molar-refractivity contribution in [3.05, 3.63) is 59.1 Å². The molecule has 2 aliphatic rings. The summed E-state index contributed by atoms with van der Waals surface area (Å²) >= 11 is 1.81. The van der Waals surface area contributed by atoms with Crippen LogP contribution < -0.4 is 4.90 Å². The fraction of sp³-hybridized carbons (Fsp3) is 0.391. The maximum atomic E-state index is 13.3. The zero-order chi connectivity index (χ0) is 19.1. The molecule has 0 radical (unpaired) electrons. The van der Waals surface area contributed by atoms with Crippen LogP contribution in [0.3, 0.4) is 0 Å². The zero-order valence-corrected chi connectivity index (χ0v) is 17.0. The average molecular weight is 392 g/mol. The molecule has 1 fully saturated rings. The van der Waals surface area contributed by atoms with Crippen molar-refractivity contribution in [2.75, 3.05) is 24.5 Å². The summed E-state index contributed by atoms with van der Waals surface area (Å²) in [6.07, 6.45) is 3.24. The number of anilines is 1. The zero-order valence-electron chi connectivity index (χ0n) is 16.2. The monoisotopic (exact) mass is 391 g/mol. The highest BCUT2D eigenvalue weighted by atomic mass is 32.1. The number of thiazole rings is 1. The van der Waals surface area contributed by atoms with Gasteiger partial charge < -0.3 is 4.90 Å². The Morgan fingerprint density at radius 1 is 1.14 bits per heavy atom. The van der Waals surface area contributed by atoms with Crippen LogP contribution in [0.25, 0.3) is 10.2 Å². The molecule has 0 N–H and O–H groups in total. The van der Waals surface area contributed by atoms with E-state index in [4.69, 9.17) is 4.98 Å². The van der Waals surface area contributed by atoms with Gasteiger partial charge in [-0.1, -0.05) is 30.3 Å². The van der Waals surface area contributed by atoms with Gasteiger partial charge in [-0.05, 0) is 56.5 Å². The quantitative estimate of drug-likeness (QED) is 0.662. The molecule has 0 bridgehead atoms. The number of carbonyl (C=O) groups is 1. The van der Waals surface area contributed by atoms with Crippen molar-refractivity contribution < 1.29 is 4.79 Å². The number of benzene rings is 2. The Kier molecular flexibility index (Phi) is 4.65. The fourth-order valence-corrected chi connectivity index (χ4v) is 5.67. The molecule has 3 heterocycles. The highest BCUT2D eigenvalue weighted by Gasteiger charge is 2.34. The second kappa shape index (κ2) is 7.30. The Labute approximate surface area is 169 Å². The van der Waals surface area contributed by atoms with Crippen LogP contribution in [-0.2, 0) is 11.2 Å². The van der Waals surface area contributed by atoms with Gasteiger partial charge in [0.2, 0.25) is 5.91 Å². The van der Waals surface area contributed by atoms with Crippen molar-refractivity contribution in [3.63, 3.8) is 0 Å². The number of piperidine rings is 1. The van der Waals surface area contributed by atoms with Gasteiger partial charge in [-0.25, -0.2) is 4.98 Å². The third-order valence-electron chi connectivity index (χ3n) is 6.17. The van der Waals surface area contributed by atoms with Gasteiger partial charge in [0.25, 0.3) is 0 Å². The second-order valence-corrected chi connectivity index (χ2v) is 8.96. The summed E-state index contributed by atoms with van der Waals surface area (Å²) in [6, 6.07) is 16.6. The van der Waals surface area contributed by atoms with Crippen molar-refractivity contribution >= 4 is 33.1 Å². The molecule has 28 heavy (non-hydrogen) atoms. The summed E-state index contributed by atoms with van der Waals surface area (Å²) in [5.74, 6) is 0.655. The maximum absolute atomic E-state index is 13.3. The first kappa shape index (κ1) is 17.8. The van der Waals surface area contributed by atoms with E-state index in [1.165, 1.54) is 15.3 Å². The smallest absolute Gasteiger partial charge is 0.244 e. The third-order valence-corrected chi connectivity index (χ3v) is 7.37. The third kappa shape index (κ3) is 3.12. The van der Waals surface area contributed by atoms with Gasteiger partial charge in [-0.3, -0.25) is 9.69 Å². The lowest BCUT2D eigenvalue weighted by Crippen LogP contribution is -2.49. The van der Waals surface area contributed by atoms with Crippen LogP contribution in [0.1, 0.15) is 36.3 Å². The molecule has 0 aliphatic carbocycles. The van der Waals surface area contributed by atoms with Crippen LogP contribution in [-0.4, -0.2) is 41.5 Å². The summed E-state index contributed by atoms with van der Waals surface area (Å²) in [7, 11) is 0. The number of nitrogens with zero attached hydrogens (tertiary/aromatic N) is 3. The summed E-state index contributed by atoms with van der Waals surface area (Å²) in [6.45, 7) is 4.79. The summed E-state index contributed by atoms with van der Waals surface area (Å²) < 4.78 is 1.26. The van der Waals surface area contributed by atoms with E-state index in [0.717, 1.165) is 50.1 Å². The SMILES string of the molecule is C[C@H](C(=O)N1CCc2ccccc21)N1CCC[C@H](c2nc3ccccc3s2)C1. The van der Waals surface area contributed by atoms with Gasteiger partial charge in [0, 0.05) is 24.7 Å². The second-order valence-electron chi connectivity index (χ2n) is 7.90. The molecular weight excluding hydrogens is 366 g/mol. The first-order valence-corrected chi connectivity index (χ1v) is 11.0. The number of para-hydroxylation sites is 2. The molecule has 0 spiro atoms. The van der Waals surface area contributed by atoms with E-state index >= 15 is 0 Å². The van der Waals surface area contributed by atoms with E-state index < -0.39 is 0 Å². The minimum Gasteiger partial charge on any atom is -0.310 e. The lowest BCUT2D eigenvalue weighted by atomic mass is 9.97. The minimum absolute atomic E-state index is 0.0941. The molecule has 1 aromatic heterocycles. The predicted octanol–water partition coefficient (Wildman–Crippen LogP) is 4.45. The Balaban J connectivity index is 1.32. The standard InChI is InChI=1S/C23H25N3OS/c1-16(23(27)26-14-12-17-7-2-4-10-20(17)26)25-13-6-8-18(15-25)22-24-19-9-3-5-11-21(19)28-22/h2-5,7,9-11,16,18H,6,8,12-15H2,1H3/t16-,18+/m1/s1. The molecule has 1 saturated heterocycles. The van der Waals surface area contributed by atoms with Gasteiger partial charge in [0.15, 0.2) is 0 Å². The van der Waals surface area contributed by atoms with Gasteiger partial charge >= 0.3 is 0 Å². The molecule has 5 heteroatoms. The predicted molar refractivity (Wildman–Crippen MR) is 115 cm³/mol. The van der Waals surface area contributed by atoms with E-state index in [1.807, 2.05) is 28.4 Å². The van der Waals surface area contributed by atoms with Crippen LogP contribution in [0.4, 0.5) is 5.69 Å². The van der Waals surface area contributed by atoms with Crippen LogP contribution in [0.5, 0.6) is 0 Å². The molecule has 5 rings (SSSR count). The molecule has 0 unspecified atom stereocenters. The molecular formula is C23H25N3OS. The van der Waals surface area contributed by atoms with Crippen molar-refractivity contribution in [1.82, 2.24) is 9.88 Å². The normalized spacial score (nSPS) is 21.0. The van der Waals surface area contributed by atoms with Gasteiger partial charge in [0.05, 0.1) is 21.3 Å².